The third kappa shape index (κ3) is 2.00. The predicted octanol–water partition coefficient (Wildman–Crippen LogP) is 0.180. The van der Waals surface area contributed by atoms with E-state index in [2.05, 4.69) is 4.90 Å². The molecule has 2 heterocycles. The first-order valence-corrected chi connectivity index (χ1v) is 4.91. The van der Waals surface area contributed by atoms with Gasteiger partial charge in [0.1, 0.15) is 6.17 Å². The van der Waals surface area contributed by atoms with Gasteiger partial charge in [0.25, 0.3) is 0 Å². The molecule has 1 N–H and O–H groups in total. The highest BCUT2D eigenvalue weighted by atomic mass is 19.1. The van der Waals surface area contributed by atoms with Crippen molar-refractivity contribution in [3.8, 4) is 0 Å². The second kappa shape index (κ2) is 3.90. The van der Waals surface area contributed by atoms with Gasteiger partial charge < -0.3 is 9.84 Å². The van der Waals surface area contributed by atoms with Crippen LogP contribution in [0.5, 0.6) is 0 Å². The Labute approximate surface area is 77.5 Å². The molecule has 0 bridgehead atoms. The van der Waals surface area contributed by atoms with Crippen LogP contribution in [-0.4, -0.2) is 54.6 Å². The van der Waals surface area contributed by atoms with Crippen LogP contribution in [0, 0.1) is 0 Å². The molecule has 76 valence electrons. The number of piperidine rings is 1. The van der Waals surface area contributed by atoms with Crippen molar-refractivity contribution in [2.45, 2.75) is 31.2 Å². The fourth-order valence-corrected chi connectivity index (χ4v) is 2.08. The van der Waals surface area contributed by atoms with Crippen LogP contribution in [0.1, 0.15) is 12.8 Å². The van der Waals surface area contributed by atoms with Crippen molar-refractivity contribution in [3.63, 3.8) is 0 Å². The van der Waals surface area contributed by atoms with E-state index in [1.165, 1.54) is 0 Å². The lowest BCUT2D eigenvalue weighted by Gasteiger charge is -2.34. The maximum Gasteiger partial charge on any atom is 0.103 e. The number of hydrogen-bond acceptors (Lipinski definition) is 3. The van der Waals surface area contributed by atoms with Crippen LogP contribution in [0.3, 0.4) is 0 Å². The van der Waals surface area contributed by atoms with Gasteiger partial charge in [-0.1, -0.05) is 0 Å². The molecule has 2 aliphatic heterocycles. The van der Waals surface area contributed by atoms with E-state index in [-0.39, 0.29) is 12.1 Å². The molecule has 0 aliphatic carbocycles. The number of aliphatic hydroxyl groups is 1. The summed E-state index contributed by atoms with van der Waals surface area (Å²) in [6.45, 7) is 2.54. The van der Waals surface area contributed by atoms with Crippen LogP contribution in [0.15, 0.2) is 0 Å². The zero-order valence-electron chi connectivity index (χ0n) is 7.66. The van der Waals surface area contributed by atoms with Gasteiger partial charge in [-0.3, -0.25) is 4.90 Å². The number of nitrogens with zero attached hydrogens (tertiary/aromatic N) is 1. The number of rotatable bonds is 1. The quantitative estimate of drug-likeness (QED) is 0.638. The summed E-state index contributed by atoms with van der Waals surface area (Å²) in [5, 5.41) is 9.55. The molecule has 2 saturated heterocycles. The van der Waals surface area contributed by atoms with E-state index < -0.39 is 6.17 Å². The van der Waals surface area contributed by atoms with E-state index >= 15 is 0 Å². The lowest BCUT2D eigenvalue weighted by atomic mass is 10.1. The highest BCUT2D eigenvalue weighted by Crippen LogP contribution is 2.20. The molecule has 0 saturated carbocycles. The Morgan fingerprint density at radius 3 is 2.46 bits per heavy atom. The van der Waals surface area contributed by atoms with Crippen LogP contribution in [0.4, 0.5) is 4.39 Å². The largest absolute Gasteiger partial charge is 0.389 e. The fraction of sp³-hybridized carbons (Fsp3) is 1.00. The van der Waals surface area contributed by atoms with Gasteiger partial charge in [0.2, 0.25) is 0 Å². The standard InChI is InChI=1S/C9H16FNO2/c10-7-1-3-11(4-2-7)8-5-13-6-9(8)12/h7-9,12H,1-6H2. The topological polar surface area (TPSA) is 32.7 Å². The summed E-state index contributed by atoms with van der Waals surface area (Å²) in [5.74, 6) is 0. The Hall–Kier alpha value is -0.190. The molecule has 3 nitrogen and oxygen atoms in total. The molecular formula is C9H16FNO2. The van der Waals surface area contributed by atoms with Crippen LogP contribution < -0.4 is 0 Å². The Bertz CT molecular complexity index is 171. The van der Waals surface area contributed by atoms with Crippen molar-refractivity contribution in [2.24, 2.45) is 0 Å². The molecule has 2 atom stereocenters. The summed E-state index contributed by atoms with van der Waals surface area (Å²) in [6, 6.07) is 0.104. The third-order valence-electron chi connectivity index (χ3n) is 2.95. The third-order valence-corrected chi connectivity index (χ3v) is 2.95. The first-order valence-electron chi connectivity index (χ1n) is 4.91. The predicted molar refractivity (Wildman–Crippen MR) is 46.3 cm³/mol. The SMILES string of the molecule is OC1COCC1N1CCC(F)CC1. The normalized spacial score (nSPS) is 38.3. The molecule has 0 amide bonds. The van der Waals surface area contributed by atoms with Gasteiger partial charge in [0.05, 0.1) is 25.4 Å². The Morgan fingerprint density at radius 1 is 1.23 bits per heavy atom. The maximum atomic E-state index is 12.8. The van der Waals surface area contributed by atoms with Gasteiger partial charge in [-0.25, -0.2) is 4.39 Å². The number of likely N-dealkylation sites (tertiary alicyclic amines) is 1. The van der Waals surface area contributed by atoms with Crippen molar-refractivity contribution in [3.05, 3.63) is 0 Å². The maximum absolute atomic E-state index is 12.8. The van der Waals surface area contributed by atoms with Gasteiger partial charge in [-0.2, -0.15) is 0 Å². The van der Waals surface area contributed by atoms with Crippen LogP contribution in [0.25, 0.3) is 0 Å². The van der Waals surface area contributed by atoms with Crippen molar-refractivity contribution in [1.29, 1.82) is 0 Å². The van der Waals surface area contributed by atoms with Gasteiger partial charge >= 0.3 is 0 Å². The summed E-state index contributed by atoms with van der Waals surface area (Å²) in [7, 11) is 0. The zero-order valence-corrected chi connectivity index (χ0v) is 7.66. The Kier molecular flexibility index (Phi) is 2.81. The van der Waals surface area contributed by atoms with Crippen LogP contribution in [-0.2, 0) is 4.74 Å². The molecule has 0 aromatic rings. The summed E-state index contributed by atoms with van der Waals surface area (Å²) < 4.78 is 18.0. The van der Waals surface area contributed by atoms with E-state index in [9.17, 15) is 9.50 Å². The number of alkyl halides is 1. The van der Waals surface area contributed by atoms with Crippen molar-refractivity contribution >= 4 is 0 Å². The number of halogens is 1. The first-order chi connectivity index (χ1) is 6.27. The second-order valence-corrected chi connectivity index (χ2v) is 3.88. The molecule has 2 aliphatic rings. The minimum atomic E-state index is -0.643. The highest BCUT2D eigenvalue weighted by Gasteiger charge is 2.33. The zero-order chi connectivity index (χ0) is 9.26. The fourth-order valence-electron chi connectivity index (χ4n) is 2.08. The number of hydrogen-bond donors (Lipinski definition) is 1. The van der Waals surface area contributed by atoms with E-state index in [0.29, 0.717) is 26.1 Å². The molecule has 0 radical (unpaired) electrons. The molecule has 13 heavy (non-hydrogen) atoms. The van der Waals surface area contributed by atoms with Gasteiger partial charge in [-0.05, 0) is 12.8 Å². The number of aliphatic hydroxyl groups excluding tert-OH is 1. The van der Waals surface area contributed by atoms with E-state index in [4.69, 9.17) is 4.74 Å². The highest BCUT2D eigenvalue weighted by molar-refractivity contribution is 4.86. The summed E-state index contributed by atoms with van der Waals surface area (Å²) in [4.78, 5) is 2.15. The molecule has 2 rings (SSSR count). The summed E-state index contributed by atoms with van der Waals surface area (Å²) in [6.07, 6.45) is 0.179. The minimum absolute atomic E-state index is 0.104. The average molecular weight is 189 g/mol. The van der Waals surface area contributed by atoms with Crippen LogP contribution >= 0.6 is 0 Å². The molecule has 0 aromatic heterocycles. The molecule has 0 aromatic carbocycles. The lowest BCUT2D eigenvalue weighted by Crippen LogP contribution is -2.47. The van der Waals surface area contributed by atoms with Crippen molar-refractivity contribution < 1.29 is 14.2 Å². The molecular weight excluding hydrogens is 173 g/mol. The summed E-state index contributed by atoms with van der Waals surface area (Å²) >= 11 is 0. The smallest absolute Gasteiger partial charge is 0.103 e. The molecule has 4 heteroatoms. The van der Waals surface area contributed by atoms with Crippen molar-refractivity contribution in [2.75, 3.05) is 26.3 Å². The van der Waals surface area contributed by atoms with E-state index in [1.54, 1.807) is 0 Å². The Morgan fingerprint density at radius 2 is 1.92 bits per heavy atom. The number of ether oxygens (including phenoxy) is 1. The first kappa shape index (κ1) is 9.37. The molecule has 2 unspecified atom stereocenters. The minimum Gasteiger partial charge on any atom is -0.389 e. The van der Waals surface area contributed by atoms with Gasteiger partial charge in [-0.15, -0.1) is 0 Å². The lowest BCUT2D eigenvalue weighted by molar-refractivity contribution is 0.0516. The van der Waals surface area contributed by atoms with Gasteiger partial charge in [0.15, 0.2) is 0 Å². The molecule has 0 spiro atoms. The van der Waals surface area contributed by atoms with Gasteiger partial charge in [0, 0.05) is 13.1 Å². The Balaban J connectivity index is 1.86. The van der Waals surface area contributed by atoms with E-state index in [1.807, 2.05) is 0 Å². The second-order valence-electron chi connectivity index (χ2n) is 3.88. The van der Waals surface area contributed by atoms with Crippen molar-refractivity contribution in [1.82, 2.24) is 4.90 Å². The summed E-state index contributed by atoms with van der Waals surface area (Å²) in [5.41, 5.74) is 0. The average Bonchev–Trinajstić information content (AvgIpc) is 2.53. The monoisotopic (exact) mass is 189 g/mol. The van der Waals surface area contributed by atoms with Crippen LogP contribution in [0.2, 0.25) is 0 Å². The van der Waals surface area contributed by atoms with E-state index in [0.717, 1.165) is 13.1 Å². The molecule has 2 fully saturated rings.